The molecule has 6 nitrogen and oxygen atoms in total. The molecule has 0 aliphatic carbocycles. The van der Waals surface area contributed by atoms with Crippen molar-refractivity contribution in [1.29, 1.82) is 0 Å². The highest BCUT2D eigenvalue weighted by Crippen LogP contribution is 2.43. The molecule has 0 atom stereocenters. The van der Waals surface area contributed by atoms with Crippen molar-refractivity contribution in [2.24, 2.45) is 0 Å². The second-order valence-electron chi connectivity index (χ2n) is 8.40. The van der Waals surface area contributed by atoms with Crippen LogP contribution in [0.1, 0.15) is 38.8 Å². The molecule has 0 saturated carbocycles. The summed E-state index contributed by atoms with van der Waals surface area (Å²) in [4.78, 5) is 13.5. The summed E-state index contributed by atoms with van der Waals surface area (Å²) in [6.07, 6.45) is 4.31. The van der Waals surface area contributed by atoms with Crippen molar-refractivity contribution in [3.63, 3.8) is 0 Å². The molecule has 1 aromatic heterocycles. The maximum atomic E-state index is 13.5. The summed E-state index contributed by atoms with van der Waals surface area (Å²) in [6.45, 7) is 6.71. The molecule has 34 heavy (non-hydrogen) atoms. The van der Waals surface area contributed by atoms with Gasteiger partial charge in [-0.2, -0.15) is 0 Å². The van der Waals surface area contributed by atoms with E-state index in [2.05, 4.69) is 0 Å². The minimum absolute atomic E-state index is 0.0508. The fourth-order valence-corrected chi connectivity index (χ4v) is 3.64. The van der Waals surface area contributed by atoms with Gasteiger partial charge in [0.15, 0.2) is 5.76 Å². The molecule has 2 aromatic carbocycles. The van der Waals surface area contributed by atoms with Crippen LogP contribution in [-0.2, 0) is 12.8 Å². The number of hydrogen-bond acceptors (Lipinski definition) is 6. The number of fused-ring (bicyclic) bond motifs is 1. The normalized spacial score (nSPS) is 10.8. The standard InChI is InChI=1S/C27H29FO6/c1-15(2)6-12-19-22(29)20(13-7-16(3)4)26-21(23(19)30)24(31)27(32-5)25(34-26)17-8-10-18(11-9-17)33-14-28/h6-11,29-30H,12-14H2,1-5H3. The Morgan fingerprint density at radius 3 is 2.09 bits per heavy atom. The Kier molecular flexibility index (Phi) is 7.66. The second-order valence-corrected chi connectivity index (χ2v) is 8.40. The molecule has 7 heteroatoms. The van der Waals surface area contributed by atoms with Gasteiger partial charge in [-0.1, -0.05) is 23.3 Å². The van der Waals surface area contributed by atoms with Crippen molar-refractivity contribution in [3.05, 3.63) is 68.9 Å². The highest BCUT2D eigenvalue weighted by molar-refractivity contribution is 5.93. The van der Waals surface area contributed by atoms with Crippen molar-refractivity contribution < 1.29 is 28.5 Å². The first kappa shape index (κ1) is 24.9. The molecule has 0 aliphatic heterocycles. The Morgan fingerprint density at radius 1 is 0.971 bits per heavy atom. The topological polar surface area (TPSA) is 89.1 Å². The fraction of sp³-hybridized carbons (Fsp3) is 0.296. The summed E-state index contributed by atoms with van der Waals surface area (Å²) in [7, 11) is 1.34. The number of benzene rings is 2. The number of alkyl halides is 1. The maximum Gasteiger partial charge on any atom is 0.239 e. The number of phenolic OH excluding ortho intramolecular Hbond substituents is 2. The number of hydrogen-bond donors (Lipinski definition) is 2. The molecule has 0 amide bonds. The van der Waals surface area contributed by atoms with Crippen molar-refractivity contribution in [1.82, 2.24) is 0 Å². The third-order valence-corrected chi connectivity index (χ3v) is 5.41. The van der Waals surface area contributed by atoms with Gasteiger partial charge < -0.3 is 24.1 Å². The minimum Gasteiger partial charge on any atom is -0.507 e. The van der Waals surface area contributed by atoms with Crippen LogP contribution >= 0.6 is 0 Å². The predicted octanol–water partition coefficient (Wildman–Crippen LogP) is 6.20. The lowest BCUT2D eigenvalue weighted by Gasteiger charge is -2.16. The fourth-order valence-electron chi connectivity index (χ4n) is 3.64. The van der Waals surface area contributed by atoms with E-state index in [4.69, 9.17) is 13.9 Å². The van der Waals surface area contributed by atoms with Crippen LogP contribution in [0.25, 0.3) is 22.3 Å². The van der Waals surface area contributed by atoms with E-state index in [0.29, 0.717) is 23.3 Å². The number of ether oxygens (including phenoxy) is 2. The van der Waals surface area contributed by atoms with E-state index in [9.17, 15) is 19.4 Å². The van der Waals surface area contributed by atoms with E-state index < -0.39 is 12.3 Å². The van der Waals surface area contributed by atoms with Crippen molar-refractivity contribution in [2.45, 2.75) is 40.5 Å². The molecule has 180 valence electrons. The van der Waals surface area contributed by atoms with Crippen LogP contribution in [0, 0.1) is 0 Å². The van der Waals surface area contributed by atoms with Gasteiger partial charge in [-0.3, -0.25) is 4.79 Å². The Balaban J connectivity index is 2.38. The van der Waals surface area contributed by atoms with Gasteiger partial charge in [-0.15, -0.1) is 0 Å². The van der Waals surface area contributed by atoms with Gasteiger partial charge in [-0.25, -0.2) is 4.39 Å². The summed E-state index contributed by atoms with van der Waals surface area (Å²) in [5, 5.41) is 22.1. The molecule has 2 N–H and O–H groups in total. The number of phenols is 2. The molecule has 0 unspecified atom stereocenters. The van der Waals surface area contributed by atoms with Crippen LogP contribution < -0.4 is 14.9 Å². The third-order valence-electron chi connectivity index (χ3n) is 5.41. The Bertz CT molecular complexity index is 1310. The SMILES string of the molecule is COc1c(-c2ccc(OCF)cc2)oc2c(CC=C(C)C)c(O)c(CC=C(C)C)c(O)c2c1=O. The molecule has 0 saturated heterocycles. The highest BCUT2D eigenvalue weighted by atomic mass is 19.1. The predicted molar refractivity (Wildman–Crippen MR) is 131 cm³/mol. The number of aromatic hydroxyl groups is 2. The molecule has 0 spiro atoms. The lowest BCUT2D eigenvalue weighted by atomic mass is 9.96. The van der Waals surface area contributed by atoms with Crippen LogP contribution in [0.3, 0.4) is 0 Å². The van der Waals surface area contributed by atoms with Crippen molar-refractivity contribution >= 4 is 11.0 Å². The quantitative estimate of drug-likeness (QED) is 0.383. The first-order valence-corrected chi connectivity index (χ1v) is 10.9. The molecule has 0 bridgehead atoms. The lowest BCUT2D eigenvalue weighted by molar-refractivity contribution is 0.192. The van der Waals surface area contributed by atoms with Gasteiger partial charge >= 0.3 is 0 Å². The largest absolute Gasteiger partial charge is 0.507 e. The van der Waals surface area contributed by atoms with E-state index in [1.54, 1.807) is 24.3 Å². The maximum absolute atomic E-state index is 13.5. The van der Waals surface area contributed by atoms with Gasteiger partial charge in [0.25, 0.3) is 0 Å². The number of rotatable bonds is 8. The summed E-state index contributed by atoms with van der Waals surface area (Å²) < 4.78 is 28.8. The summed E-state index contributed by atoms with van der Waals surface area (Å²) in [5.41, 5.74) is 2.68. The average Bonchev–Trinajstić information content (AvgIpc) is 2.78. The monoisotopic (exact) mass is 468 g/mol. The van der Waals surface area contributed by atoms with Crippen LogP contribution in [0.5, 0.6) is 23.0 Å². The Labute approximate surface area is 197 Å². The van der Waals surface area contributed by atoms with E-state index in [1.807, 2.05) is 39.8 Å². The van der Waals surface area contributed by atoms with E-state index in [1.165, 1.54) is 7.11 Å². The summed E-state index contributed by atoms with van der Waals surface area (Å²) in [5.74, 6) is -0.103. The smallest absolute Gasteiger partial charge is 0.239 e. The van der Waals surface area contributed by atoms with Crippen molar-refractivity contribution in [2.75, 3.05) is 14.0 Å². The molecular formula is C27H29FO6. The lowest BCUT2D eigenvalue weighted by Crippen LogP contribution is -2.10. The zero-order valence-corrected chi connectivity index (χ0v) is 20.0. The summed E-state index contributed by atoms with van der Waals surface area (Å²) >= 11 is 0. The van der Waals surface area contributed by atoms with Gasteiger partial charge in [0, 0.05) is 16.7 Å². The zero-order chi connectivity index (χ0) is 25.0. The molecule has 3 aromatic rings. The van der Waals surface area contributed by atoms with Gasteiger partial charge in [0.2, 0.25) is 18.0 Å². The van der Waals surface area contributed by atoms with Gasteiger partial charge in [0.1, 0.15) is 28.2 Å². The van der Waals surface area contributed by atoms with Crippen LogP contribution in [0.15, 0.2) is 56.8 Å². The summed E-state index contributed by atoms with van der Waals surface area (Å²) in [6, 6.07) is 6.30. The Hall–Kier alpha value is -3.74. The van der Waals surface area contributed by atoms with Crippen LogP contribution in [0.2, 0.25) is 0 Å². The molecule has 3 rings (SSSR count). The van der Waals surface area contributed by atoms with E-state index >= 15 is 0 Å². The number of allylic oxidation sites excluding steroid dienone is 4. The molecule has 0 radical (unpaired) electrons. The zero-order valence-electron chi connectivity index (χ0n) is 20.0. The van der Waals surface area contributed by atoms with Crippen LogP contribution in [-0.4, -0.2) is 24.2 Å². The minimum atomic E-state index is -0.963. The molecule has 1 heterocycles. The van der Waals surface area contributed by atoms with Crippen LogP contribution in [0.4, 0.5) is 4.39 Å². The average molecular weight is 469 g/mol. The van der Waals surface area contributed by atoms with E-state index in [0.717, 1.165) is 11.1 Å². The molecular weight excluding hydrogens is 439 g/mol. The molecule has 0 fully saturated rings. The highest BCUT2D eigenvalue weighted by Gasteiger charge is 2.26. The first-order valence-electron chi connectivity index (χ1n) is 10.9. The second kappa shape index (κ2) is 10.5. The third kappa shape index (κ3) is 4.93. The first-order chi connectivity index (χ1) is 16.2. The van der Waals surface area contributed by atoms with Gasteiger partial charge in [-0.05, 0) is 64.8 Å². The number of halogens is 1. The molecule has 0 aliphatic rings. The number of methoxy groups -OCH3 is 1. The Morgan fingerprint density at radius 2 is 1.56 bits per heavy atom. The van der Waals surface area contributed by atoms with Crippen molar-refractivity contribution in [3.8, 4) is 34.3 Å². The van der Waals surface area contributed by atoms with E-state index in [-0.39, 0.29) is 46.0 Å². The van der Waals surface area contributed by atoms with Gasteiger partial charge in [0.05, 0.1) is 7.11 Å².